The van der Waals surface area contributed by atoms with Crippen molar-refractivity contribution in [1.82, 2.24) is 0 Å². The molecule has 0 amide bonds. The normalized spacial score (nSPS) is 13.3. The average Bonchev–Trinajstić information content (AvgIpc) is 2.61. The number of alkyl halides is 3. The van der Waals surface area contributed by atoms with Crippen LogP contribution in [0, 0.1) is 0 Å². The maximum Gasteiger partial charge on any atom is 0.389 e. The molecule has 0 aliphatic heterocycles. The molecule has 1 atom stereocenters. The average molecular weight is 274 g/mol. The van der Waals surface area contributed by atoms with Crippen LogP contribution >= 0.6 is 23.7 Å². The number of thiophene rings is 1. The summed E-state index contributed by atoms with van der Waals surface area (Å²) in [6.07, 6.45) is -4.06. The predicted molar refractivity (Wildman–Crippen MR) is 63.2 cm³/mol. The van der Waals surface area contributed by atoms with E-state index in [1.807, 2.05) is 19.1 Å². The lowest BCUT2D eigenvalue weighted by molar-refractivity contribution is -0.136. The maximum atomic E-state index is 12.0. The first-order valence-electron chi connectivity index (χ1n) is 4.83. The van der Waals surface area contributed by atoms with Crippen molar-refractivity contribution in [2.75, 3.05) is 0 Å². The molecule has 0 aromatic carbocycles. The molecule has 1 aromatic heterocycles. The Balaban J connectivity index is 0.00000225. The van der Waals surface area contributed by atoms with Gasteiger partial charge in [0.2, 0.25) is 0 Å². The smallest absolute Gasteiger partial charge is 0.323 e. The number of nitrogens with two attached hydrogens (primary N) is 1. The highest BCUT2D eigenvalue weighted by molar-refractivity contribution is 7.12. The summed E-state index contributed by atoms with van der Waals surface area (Å²) in [5, 5.41) is 0. The molecule has 0 aliphatic carbocycles. The number of halogens is 4. The third-order valence-corrected chi connectivity index (χ3v) is 3.50. The highest BCUT2D eigenvalue weighted by Crippen LogP contribution is 2.29. The van der Waals surface area contributed by atoms with Crippen LogP contribution in [0.5, 0.6) is 0 Å². The highest BCUT2D eigenvalue weighted by atomic mass is 35.5. The Morgan fingerprint density at radius 3 is 2.44 bits per heavy atom. The number of aryl methyl sites for hydroxylation is 1. The van der Waals surface area contributed by atoms with Crippen LogP contribution in [0.25, 0.3) is 0 Å². The molecule has 94 valence electrons. The van der Waals surface area contributed by atoms with Crippen LogP contribution in [-0.2, 0) is 6.42 Å². The summed E-state index contributed by atoms with van der Waals surface area (Å²) >= 11 is 1.50. The predicted octanol–water partition coefficient (Wildman–Crippen LogP) is 4.07. The molecule has 1 rings (SSSR count). The van der Waals surface area contributed by atoms with E-state index in [0.717, 1.165) is 16.2 Å². The van der Waals surface area contributed by atoms with Gasteiger partial charge in [0.25, 0.3) is 0 Å². The zero-order chi connectivity index (χ0) is 11.5. The number of rotatable bonds is 4. The molecule has 0 fully saturated rings. The maximum absolute atomic E-state index is 12.0. The van der Waals surface area contributed by atoms with E-state index < -0.39 is 18.6 Å². The Labute approximate surface area is 103 Å². The van der Waals surface area contributed by atoms with E-state index in [4.69, 9.17) is 5.73 Å². The third kappa shape index (κ3) is 5.18. The largest absolute Gasteiger partial charge is 0.389 e. The lowest BCUT2D eigenvalue weighted by Crippen LogP contribution is -2.14. The Hall–Kier alpha value is -0.260. The first-order chi connectivity index (χ1) is 6.92. The first-order valence-corrected chi connectivity index (χ1v) is 5.65. The summed E-state index contributed by atoms with van der Waals surface area (Å²) in [6, 6.07) is 3.26. The van der Waals surface area contributed by atoms with Crippen molar-refractivity contribution in [3.05, 3.63) is 21.9 Å². The fourth-order valence-corrected chi connectivity index (χ4v) is 2.23. The van der Waals surface area contributed by atoms with Crippen molar-refractivity contribution in [2.24, 2.45) is 5.73 Å². The molecule has 2 N–H and O–H groups in total. The van der Waals surface area contributed by atoms with E-state index in [-0.39, 0.29) is 18.8 Å². The lowest BCUT2D eigenvalue weighted by Gasteiger charge is -2.11. The Kier molecular flexibility index (Phi) is 6.36. The van der Waals surface area contributed by atoms with Gasteiger partial charge in [-0.05, 0) is 25.0 Å². The molecule has 1 nitrogen and oxygen atoms in total. The van der Waals surface area contributed by atoms with Crippen LogP contribution in [0.4, 0.5) is 13.2 Å². The van der Waals surface area contributed by atoms with Crippen molar-refractivity contribution >= 4 is 23.7 Å². The zero-order valence-corrected chi connectivity index (χ0v) is 10.5. The van der Waals surface area contributed by atoms with E-state index in [9.17, 15) is 13.2 Å². The summed E-state index contributed by atoms with van der Waals surface area (Å²) in [5.74, 6) is 0. The van der Waals surface area contributed by atoms with Gasteiger partial charge in [0.15, 0.2) is 0 Å². The Morgan fingerprint density at radius 1 is 1.38 bits per heavy atom. The third-order valence-electron chi connectivity index (χ3n) is 2.14. The summed E-state index contributed by atoms with van der Waals surface area (Å²) in [4.78, 5) is 2.00. The van der Waals surface area contributed by atoms with Crippen molar-refractivity contribution in [3.63, 3.8) is 0 Å². The second kappa shape index (κ2) is 6.47. The molecular weight excluding hydrogens is 259 g/mol. The molecule has 0 saturated heterocycles. The van der Waals surface area contributed by atoms with Gasteiger partial charge in [0.05, 0.1) is 0 Å². The fraction of sp³-hybridized carbons (Fsp3) is 0.600. The minimum Gasteiger partial charge on any atom is -0.323 e. The zero-order valence-electron chi connectivity index (χ0n) is 8.88. The molecule has 0 radical (unpaired) electrons. The van der Waals surface area contributed by atoms with Gasteiger partial charge in [0.1, 0.15) is 0 Å². The molecular formula is C10H15ClF3NS. The van der Waals surface area contributed by atoms with Crippen molar-refractivity contribution in [3.8, 4) is 0 Å². The van der Waals surface area contributed by atoms with Crippen LogP contribution in [0.1, 0.15) is 35.6 Å². The van der Waals surface area contributed by atoms with Gasteiger partial charge < -0.3 is 5.73 Å². The second-order valence-corrected chi connectivity index (χ2v) is 4.62. The molecule has 16 heavy (non-hydrogen) atoms. The standard InChI is InChI=1S/C10H14F3NS.ClH/c1-2-7-3-4-9(15-7)8(14)5-6-10(11,12)13;/h3-4,8H,2,5-6,14H2,1H3;1H/t8-;/m1./s1. The van der Waals surface area contributed by atoms with Crippen LogP contribution in [0.15, 0.2) is 12.1 Å². The minimum atomic E-state index is -4.11. The van der Waals surface area contributed by atoms with Gasteiger partial charge in [-0.1, -0.05) is 6.92 Å². The van der Waals surface area contributed by atoms with Crippen LogP contribution in [-0.4, -0.2) is 6.18 Å². The van der Waals surface area contributed by atoms with Gasteiger partial charge in [-0.25, -0.2) is 0 Å². The molecule has 6 heteroatoms. The molecule has 0 spiro atoms. The highest BCUT2D eigenvalue weighted by Gasteiger charge is 2.28. The van der Waals surface area contributed by atoms with Gasteiger partial charge >= 0.3 is 6.18 Å². The van der Waals surface area contributed by atoms with Gasteiger partial charge in [0, 0.05) is 22.2 Å². The Morgan fingerprint density at radius 2 is 2.00 bits per heavy atom. The second-order valence-electron chi connectivity index (χ2n) is 3.42. The fourth-order valence-electron chi connectivity index (χ4n) is 1.25. The van der Waals surface area contributed by atoms with E-state index >= 15 is 0 Å². The molecule has 0 unspecified atom stereocenters. The van der Waals surface area contributed by atoms with Crippen molar-refractivity contribution < 1.29 is 13.2 Å². The molecule has 1 heterocycles. The first kappa shape index (κ1) is 15.7. The monoisotopic (exact) mass is 273 g/mol. The molecule has 0 saturated carbocycles. The van der Waals surface area contributed by atoms with Crippen LogP contribution < -0.4 is 5.73 Å². The van der Waals surface area contributed by atoms with Gasteiger partial charge in [-0.15, -0.1) is 23.7 Å². The van der Waals surface area contributed by atoms with Crippen molar-refractivity contribution in [1.29, 1.82) is 0 Å². The van der Waals surface area contributed by atoms with Crippen LogP contribution in [0.3, 0.4) is 0 Å². The summed E-state index contributed by atoms with van der Waals surface area (Å²) in [6.45, 7) is 2.01. The topological polar surface area (TPSA) is 26.0 Å². The molecule has 0 bridgehead atoms. The molecule has 1 aromatic rings. The summed E-state index contributed by atoms with van der Waals surface area (Å²) in [7, 11) is 0. The quantitative estimate of drug-likeness (QED) is 0.879. The SMILES string of the molecule is CCc1ccc([C@H](N)CCC(F)(F)F)s1.Cl. The van der Waals surface area contributed by atoms with Gasteiger partial charge in [-0.3, -0.25) is 0 Å². The number of hydrogen-bond acceptors (Lipinski definition) is 2. The minimum absolute atomic E-state index is 0. The summed E-state index contributed by atoms with van der Waals surface area (Å²) < 4.78 is 35.9. The van der Waals surface area contributed by atoms with Gasteiger partial charge in [-0.2, -0.15) is 13.2 Å². The Bertz CT molecular complexity index is 311. The summed E-state index contributed by atoms with van der Waals surface area (Å²) in [5.41, 5.74) is 5.68. The number of hydrogen-bond donors (Lipinski definition) is 1. The lowest BCUT2D eigenvalue weighted by atomic mass is 10.1. The van der Waals surface area contributed by atoms with E-state index in [1.54, 1.807) is 0 Å². The van der Waals surface area contributed by atoms with E-state index in [2.05, 4.69) is 0 Å². The van der Waals surface area contributed by atoms with E-state index in [1.165, 1.54) is 11.3 Å². The molecule has 0 aliphatic rings. The van der Waals surface area contributed by atoms with Crippen molar-refractivity contribution in [2.45, 2.75) is 38.4 Å². The van der Waals surface area contributed by atoms with E-state index in [0.29, 0.717) is 0 Å². The van der Waals surface area contributed by atoms with Crippen LogP contribution in [0.2, 0.25) is 0 Å².